The van der Waals surface area contributed by atoms with Gasteiger partial charge in [0.05, 0.1) is 0 Å². The van der Waals surface area contributed by atoms with Gasteiger partial charge < -0.3 is 0 Å². The quantitative estimate of drug-likeness (QED) is 0.168. The standard InChI is InChI=1S/4C4H9O.Al.3ClH.Zr/c4*1-2-3-4-5;;;;;/h4*2-4H2,1H3;;3*1H;/q4*-1;+3;;;;+4/p-3. The molecule has 0 aliphatic rings. The zero-order valence-electron chi connectivity index (χ0n) is 16.3. The van der Waals surface area contributed by atoms with Gasteiger partial charge in [-0.3, -0.25) is 0 Å². The van der Waals surface area contributed by atoms with E-state index in [0.717, 1.165) is 51.4 Å². The summed E-state index contributed by atoms with van der Waals surface area (Å²) in [7, 11) is 14.8. The Labute approximate surface area is 179 Å². The van der Waals surface area contributed by atoms with Crippen LogP contribution in [0.15, 0.2) is 0 Å². The van der Waals surface area contributed by atoms with Crippen molar-refractivity contribution in [3.8, 4) is 0 Å². The van der Waals surface area contributed by atoms with Gasteiger partial charge in [-0.15, -0.1) is 0 Å². The maximum Gasteiger partial charge on any atom is 0.643 e. The van der Waals surface area contributed by atoms with Crippen molar-refractivity contribution in [1.29, 1.82) is 0 Å². The molecule has 9 heteroatoms. The number of halogens is 3. The molecule has 0 atom stereocenters. The molecule has 0 radical (unpaired) electrons. The van der Waals surface area contributed by atoms with Crippen LogP contribution in [0, 0.1) is 0 Å². The summed E-state index contributed by atoms with van der Waals surface area (Å²) in [5, 5.41) is 0. The predicted molar refractivity (Wildman–Crippen MR) is 107 cm³/mol. The monoisotopic (exact) mass is 514 g/mol. The third-order valence-electron chi connectivity index (χ3n) is 3.11. The van der Waals surface area contributed by atoms with Crippen molar-refractivity contribution in [3.63, 3.8) is 0 Å². The Kier molecular flexibility index (Phi) is 26.3. The molecule has 0 N–H and O–H groups in total. The van der Waals surface area contributed by atoms with Gasteiger partial charge in [0, 0.05) is 0 Å². The molecule has 0 saturated heterocycles. The van der Waals surface area contributed by atoms with Crippen LogP contribution in [-0.4, -0.2) is 37.8 Å². The van der Waals surface area contributed by atoms with Gasteiger partial charge in [-0.1, -0.05) is 0 Å². The molecule has 0 aromatic heterocycles. The van der Waals surface area contributed by atoms with Crippen molar-refractivity contribution in [2.45, 2.75) is 79.1 Å². The van der Waals surface area contributed by atoms with Crippen LogP contribution in [0.25, 0.3) is 0 Å². The Balaban J connectivity index is 0. The van der Waals surface area contributed by atoms with Gasteiger partial charge in [-0.05, 0) is 0 Å². The second-order valence-electron chi connectivity index (χ2n) is 5.56. The van der Waals surface area contributed by atoms with Crippen molar-refractivity contribution in [3.05, 3.63) is 0 Å². The molecular formula is C16H36AlCl3O4Zr. The number of rotatable bonds is 16. The summed E-state index contributed by atoms with van der Waals surface area (Å²) < 4.78 is 24.2. The molecule has 0 amide bonds. The van der Waals surface area contributed by atoms with Crippen LogP contribution in [0.5, 0.6) is 0 Å². The maximum absolute atomic E-state index is 6.05. The number of hydrogen-bond acceptors (Lipinski definition) is 4. The largest absolute Gasteiger partial charge is 0.643 e. The van der Waals surface area contributed by atoms with Crippen LogP contribution in [0.3, 0.4) is 0 Å². The molecule has 0 bridgehead atoms. The van der Waals surface area contributed by atoms with Crippen molar-refractivity contribution in [2.24, 2.45) is 0 Å². The molecule has 0 rings (SSSR count). The number of hydrogen-bond donors (Lipinski definition) is 0. The second kappa shape index (κ2) is 22.4. The van der Waals surface area contributed by atoms with Crippen LogP contribution >= 0.6 is 30.1 Å². The summed E-state index contributed by atoms with van der Waals surface area (Å²) in [6, 6.07) is 0. The topological polar surface area (TPSA) is 36.9 Å². The fourth-order valence-corrected chi connectivity index (χ4v) is 6.72. The van der Waals surface area contributed by atoms with Gasteiger partial charge in [-0.2, -0.15) is 0 Å². The number of unbranched alkanes of at least 4 members (excludes halogenated alkanes) is 4. The van der Waals surface area contributed by atoms with Gasteiger partial charge in [0.2, 0.25) is 0 Å². The molecule has 0 aromatic rings. The molecule has 0 unspecified atom stereocenters. The van der Waals surface area contributed by atoms with Gasteiger partial charge >= 0.3 is 150 Å². The van der Waals surface area contributed by atoms with E-state index in [4.69, 9.17) is 41.4 Å². The van der Waals surface area contributed by atoms with Crippen molar-refractivity contribution >= 4 is 41.5 Å². The van der Waals surface area contributed by atoms with E-state index in [1.165, 1.54) is 0 Å². The molecule has 0 fully saturated rings. The Morgan fingerprint density at radius 3 is 0.920 bits per heavy atom. The molecule has 152 valence electrons. The predicted octanol–water partition coefficient (Wildman–Crippen LogP) is 6.75. The zero-order valence-corrected chi connectivity index (χ0v) is 22.2. The van der Waals surface area contributed by atoms with Crippen molar-refractivity contribution in [1.82, 2.24) is 0 Å². The van der Waals surface area contributed by atoms with E-state index in [0.29, 0.717) is 26.4 Å². The van der Waals surface area contributed by atoms with E-state index >= 15 is 0 Å². The molecule has 25 heavy (non-hydrogen) atoms. The van der Waals surface area contributed by atoms with Crippen LogP contribution < -0.4 is 0 Å². The van der Waals surface area contributed by atoms with Crippen molar-refractivity contribution in [2.75, 3.05) is 26.4 Å². The van der Waals surface area contributed by atoms with Crippen LogP contribution in [0.2, 0.25) is 0 Å². The zero-order chi connectivity index (χ0) is 19.4. The van der Waals surface area contributed by atoms with E-state index in [-0.39, 0.29) is 0 Å². The van der Waals surface area contributed by atoms with Gasteiger partial charge in [-0.25, -0.2) is 30.1 Å². The molecule has 0 aliphatic heterocycles. The second-order valence-corrected chi connectivity index (χ2v) is 17.3. The SMILES string of the molecule is CCCC[O][Zr]([O]CCCC)([O]CCCC)[O]CCCC.[Cl][Al]([Cl])[Cl]. The third-order valence-corrected chi connectivity index (χ3v) is 8.59. The van der Waals surface area contributed by atoms with Crippen molar-refractivity contribution < 1.29 is 33.3 Å². The van der Waals surface area contributed by atoms with Gasteiger partial charge in [0.15, 0.2) is 0 Å². The Morgan fingerprint density at radius 2 is 0.760 bits per heavy atom. The third kappa shape index (κ3) is 22.3. The van der Waals surface area contributed by atoms with Gasteiger partial charge in [0.1, 0.15) is 0 Å². The van der Waals surface area contributed by atoms with Gasteiger partial charge in [0.25, 0.3) is 0 Å². The van der Waals surface area contributed by atoms with Crippen LogP contribution in [-0.2, 0) is 33.3 Å². The average Bonchev–Trinajstić information content (AvgIpc) is 2.55. The minimum Gasteiger partial charge on any atom is -0.214 e. The average molecular weight is 517 g/mol. The molecule has 0 aliphatic carbocycles. The maximum atomic E-state index is 6.05. The Hall–Kier alpha value is 2.13. The summed E-state index contributed by atoms with van der Waals surface area (Å²) in [6.45, 7) is 11.4. The molecule has 0 saturated carbocycles. The normalized spacial score (nSPS) is 11.2. The first-order valence-electron chi connectivity index (χ1n) is 9.45. The first-order chi connectivity index (χ1) is 12.0. The Bertz CT molecular complexity index is 219. The summed E-state index contributed by atoms with van der Waals surface area (Å²) in [6.07, 6.45) is 8.58. The van der Waals surface area contributed by atoms with E-state index in [2.05, 4.69) is 27.7 Å². The van der Waals surface area contributed by atoms with E-state index in [9.17, 15) is 0 Å². The van der Waals surface area contributed by atoms with E-state index in [1.54, 1.807) is 0 Å². The molecule has 0 spiro atoms. The smallest absolute Gasteiger partial charge is 0.214 e. The minimum absolute atomic E-state index is 0.691. The fraction of sp³-hybridized carbons (Fsp3) is 1.00. The first kappa shape index (κ1) is 29.3. The molecular weight excluding hydrogens is 481 g/mol. The molecule has 4 nitrogen and oxygen atoms in total. The molecule has 0 aromatic carbocycles. The summed E-state index contributed by atoms with van der Waals surface area (Å²) >= 11 is -5.51. The summed E-state index contributed by atoms with van der Waals surface area (Å²) in [4.78, 5) is 0. The fourth-order valence-electron chi connectivity index (χ4n) is 1.62. The molecule has 0 heterocycles. The summed E-state index contributed by atoms with van der Waals surface area (Å²) in [5.41, 5.74) is 0. The first-order valence-corrected chi connectivity index (χ1v) is 18.7. The van der Waals surface area contributed by atoms with E-state index in [1.807, 2.05) is 0 Å². The Morgan fingerprint density at radius 1 is 0.560 bits per heavy atom. The summed E-state index contributed by atoms with van der Waals surface area (Å²) in [5.74, 6) is 0. The van der Waals surface area contributed by atoms with E-state index < -0.39 is 33.4 Å². The van der Waals surface area contributed by atoms with Crippen LogP contribution in [0.4, 0.5) is 0 Å². The van der Waals surface area contributed by atoms with Crippen LogP contribution in [0.1, 0.15) is 79.1 Å². The minimum atomic E-state index is -3.79.